The zero-order chi connectivity index (χ0) is 11.7. The summed E-state index contributed by atoms with van der Waals surface area (Å²) < 4.78 is 0. The summed E-state index contributed by atoms with van der Waals surface area (Å²) in [6.45, 7) is 2.58. The molecule has 0 spiro atoms. The fraction of sp³-hybridized carbons (Fsp3) is 0.273. The van der Waals surface area contributed by atoms with Crippen molar-refractivity contribution < 1.29 is 5.11 Å². The van der Waals surface area contributed by atoms with E-state index in [0.717, 1.165) is 5.71 Å². The van der Waals surface area contributed by atoms with Crippen molar-refractivity contribution >= 4 is 11.7 Å². The van der Waals surface area contributed by atoms with Crippen molar-refractivity contribution in [1.29, 1.82) is 5.41 Å². The van der Waals surface area contributed by atoms with E-state index in [4.69, 9.17) is 11.1 Å². The fourth-order valence-electron chi connectivity index (χ4n) is 1.78. The highest BCUT2D eigenvalue weighted by molar-refractivity contribution is 6.05. The minimum absolute atomic E-state index is 0.0720. The number of hydrogen-bond donors (Lipinski definition) is 3. The van der Waals surface area contributed by atoms with Gasteiger partial charge in [-0.25, -0.2) is 5.01 Å². The van der Waals surface area contributed by atoms with Gasteiger partial charge < -0.3 is 10.8 Å². The van der Waals surface area contributed by atoms with Gasteiger partial charge >= 0.3 is 0 Å². The predicted molar refractivity (Wildman–Crippen MR) is 62.4 cm³/mol. The van der Waals surface area contributed by atoms with Crippen molar-refractivity contribution in [3.05, 3.63) is 29.8 Å². The molecule has 0 aliphatic carbocycles. The van der Waals surface area contributed by atoms with Crippen LogP contribution in [0.25, 0.3) is 0 Å². The molecule has 1 aliphatic heterocycles. The molecule has 0 amide bonds. The first-order valence-corrected chi connectivity index (χ1v) is 5.08. The summed E-state index contributed by atoms with van der Waals surface area (Å²) in [6, 6.07) is 7.05. The molecule has 0 saturated carbocycles. The second-order valence-corrected chi connectivity index (χ2v) is 3.87. The number of aromatic hydroxyl groups is 1. The number of nitrogens with one attached hydrogen (secondary N) is 1. The summed E-state index contributed by atoms with van der Waals surface area (Å²) in [4.78, 5) is 0. The molecule has 16 heavy (non-hydrogen) atoms. The Morgan fingerprint density at radius 3 is 2.81 bits per heavy atom. The van der Waals surface area contributed by atoms with E-state index in [0.29, 0.717) is 12.1 Å². The Morgan fingerprint density at radius 1 is 1.56 bits per heavy atom. The van der Waals surface area contributed by atoms with Crippen molar-refractivity contribution in [3.8, 4) is 5.75 Å². The lowest BCUT2D eigenvalue weighted by atomic mass is 9.99. The van der Waals surface area contributed by atoms with Gasteiger partial charge in [0.15, 0.2) is 0 Å². The Kier molecular flexibility index (Phi) is 2.52. The molecule has 0 aromatic heterocycles. The number of benzene rings is 1. The average molecular weight is 218 g/mol. The van der Waals surface area contributed by atoms with Gasteiger partial charge in [0.25, 0.3) is 0 Å². The highest BCUT2D eigenvalue weighted by atomic mass is 16.3. The molecular formula is C11H14N4O. The van der Waals surface area contributed by atoms with Gasteiger partial charge in [-0.15, -0.1) is 0 Å². The van der Waals surface area contributed by atoms with Gasteiger partial charge in [-0.1, -0.05) is 19.1 Å². The second kappa shape index (κ2) is 3.84. The minimum Gasteiger partial charge on any atom is -0.507 e. The van der Waals surface area contributed by atoms with E-state index < -0.39 is 0 Å². The maximum absolute atomic E-state index is 9.73. The first-order chi connectivity index (χ1) is 7.59. The molecule has 1 aromatic carbocycles. The lowest BCUT2D eigenvalue weighted by molar-refractivity contribution is 0.448. The number of rotatable bonds is 1. The minimum atomic E-state index is -0.0720. The Balaban J connectivity index is 2.38. The molecule has 1 aliphatic rings. The smallest absolute Gasteiger partial charge is 0.209 e. The zero-order valence-electron chi connectivity index (χ0n) is 9.01. The number of nitrogens with two attached hydrogens (primary N) is 1. The molecule has 0 fully saturated rings. The summed E-state index contributed by atoms with van der Waals surface area (Å²) in [6.07, 6.45) is 0. The van der Waals surface area contributed by atoms with Crippen molar-refractivity contribution in [2.45, 2.75) is 6.92 Å². The van der Waals surface area contributed by atoms with E-state index in [1.165, 1.54) is 5.01 Å². The number of phenolic OH excluding ortho intramolecular Hbond substituents is 1. The summed E-state index contributed by atoms with van der Waals surface area (Å²) in [7, 11) is 0. The van der Waals surface area contributed by atoms with E-state index in [-0.39, 0.29) is 17.6 Å². The Hall–Kier alpha value is -2.04. The van der Waals surface area contributed by atoms with E-state index in [2.05, 4.69) is 5.10 Å². The van der Waals surface area contributed by atoms with Gasteiger partial charge in [-0.3, -0.25) is 5.41 Å². The standard InChI is InChI=1S/C11H14N4O/c1-7-6-15(11(12)13)14-10(7)8-4-2-3-5-9(8)16/h2-5,7,16H,6H2,1H3,(H3,12,13). The number of nitrogens with zero attached hydrogens (tertiary/aromatic N) is 2. The van der Waals surface area contributed by atoms with Crippen molar-refractivity contribution in [2.75, 3.05) is 6.54 Å². The van der Waals surface area contributed by atoms with Crippen molar-refractivity contribution in [1.82, 2.24) is 5.01 Å². The number of hydrogen-bond acceptors (Lipinski definition) is 3. The van der Waals surface area contributed by atoms with E-state index in [1.54, 1.807) is 12.1 Å². The van der Waals surface area contributed by atoms with Crippen LogP contribution in [0.1, 0.15) is 12.5 Å². The van der Waals surface area contributed by atoms with E-state index in [9.17, 15) is 5.11 Å². The fourth-order valence-corrected chi connectivity index (χ4v) is 1.78. The predicted octanol–water partition coefficient (Wildman–Crippen LogP) is 0.941. The molecule has 1 unspecified atom stereocenters. The van der Waals surface area contributed by atoms with Gasteiger partial charge in [-0.05, 0) is 12.1 Å². The molecule has 4 N–H and O–H groups in total. The van der Waals surface area contributed by atoms with Crippen LogP contribution in [-0.2, 0) is 0 Å². The monoisotopic (exact) mass is 218 g/mol. The third-order valence-electron chi connectivity index (χ3n) is 2.60. The maximum atomic E-state index is 9.73. The number of hydrazone groups is 1. The van der Waals surface area contributed by atoms with Gasteiger partial charge in [-0.2, -0.15) is 5.10 Å². The average Bonchev–Trinajstić information content (AvgIpc) is 2.61. The summed E-state index contributed by atoms with van der Waals surface area (Å²) in [5.74, 6) is 0.285. The highest BCUT2D eigenvalue weighted by Crippen LogP contribution is 2.24. The topological polar surface area (TPSA) is 85.7 Å². The second-order valence-electron chi connectivity index (χ2n) is 3.87. The van der Waals surface area contributed by atoms with Crippen LogP contribution in [-0.4, -0.2) is 28.3 Å². The van der Waals surface area contributed by atoms with Crippen LogP contribution in [0.4, 0.5) is 0 Å². The van der Waals surface area contributed by atoms with Crippen molar-refractivity contribution in [2.24, 2.45) is 16.8 Å². The van der Waals surface area contributed by atoms with E-state index >= 15 is 0 Å². The summed E-state index contributed by atoms with van der Waals surface area (Å²) in [5, 5.41) is 22.7. The maximum Gasteiger partial charge on any atom is 0.209 e. The van der Waals surface area contributed by atoms with Crippen LogP contribution < -0.4 is 5.73 Å². The van der Waals surface area contributed by atoms with Gasteiger partial charge in [0.1, 0.15) is 5.75 Å². The van der Waals surface area contributed by atoms with Crippen LogP contribution in [0.2, 0.25) is 0 Å². The molecule has 2 rings (SSSR count). The lowest BCUT2D eigenvalue weighted by Crippen LogP contribution is -2.31. The molecule has 0 bridgehead atoms. The highest BCUT2D eigenvalue weighted by Gasteiger charge is 2.26. The molecule has 5 heteroatoms. The first kappa shape index (κ1) is 10.5. The van der Waals surface area contributed by atoms with Crippen LogP contribution in [0.15, 0.2) is 29.4 Å². The lowest BCUT2D eigenvalue weighted by Gasteiger charge is -2.10. The molecule has 84 valence electrons. The molecular weight excluding hydrogens is 204 g/mol. The molecule has 5 nitrogen and oxygen atoms in total. The SMILES string of the molecule is CC1CN(C(=N)N)N=C1c1ccccc1O. The zero-order valence-corrected chi connectivity index (χ0v) is 9.01. The van der Waals surface area contributed by atoms with E-state index in [1.807, 2.05) is 19.1 Å². The Labute approximate surface area is 93.7 Å². The summed E-state index contributed by atoms with van der Waals surface area (Å²) >= 11 is 0. The third-order valence-corrected chi connectivity index (χ3v) is 2.60. The third kappa shape index (κ3) is 1.71. The van der Waals surface area contributed by atoms with Gasteiger partial charge in [0.05, 0.1) is 12.3 Å². The van der Waals surface area contributed by atoms with Crippen LogP contribution in [0.5, 0.6) is 5.75 Å². The molecule has 0 saturated heterocycles. The molecule has 1 heterocycles. The normalized spacial score (nSPS) is 19.7. The number of para-hydroxylation sites is 1. The molecule has 1 aromatic rings. The van der Waals surface area contributed by atoms with Crippen LogP contribution in [0, 0.1) is 11.3 Å². The van der Waals surface area contributed by atoms with Crippen LogP contribution >= 0.6 is 0 Å². The molecule has 0 radical (unpaired) electrons. The molecule has 1 atom stereocenters. The first-order valence-electron chi connectivity index (χ1n) is 5.08. The van der Waals surface area contributed by atoms with Crippen LogP contribution in [0.3, 0.4) is 0 Å². The number of guanidine groups is 1. The van der Waals surface area contributed by atoms with Gasteiger partial charge in [0, 0.05) is 11.5 Å². The Bertz CT molecular complexity index is 455. The largest absolute Gasteiger partial charge is 0.507 e. The van der Waals surface area contributed by atoms with Gasteiger partial charge in [0.2, 0.25) is 5.96 Å². The van der Waals surface area contributed by atoms with Crippen molar-refractivity contribution in [3.63, 3.8) is 0 Å². The Morgan fingerprint density at radius 2 is 2.25 bits per heavy atom. The summed E-state index contributed by atoms with van der Waals surface area (Å²) in [5.41, 5.74) is 6.86. The number of phenols is 1. The quantitative estimate of drug-likeness (QED) is 0.484.